The molecule has 32 heavy (non-hydrogen) atoms. The predicted octanol–water partition coefficient (Wildman–Crippen LogP) is 6.47. The van der Waals surface area contributed by atoms with Gasteiger partial charge in [-0.05, 0) is 55.0 Å². The van der Waals surface area contributed by atoms with Crippen molar-refractivity contribution in [2.24, 2.45) is 0 Å². The van der Waals surface area contributed by atoms with Gasteiger partial charge in [0.2, 0.25) is 0 Å². The van der Waals surface area contributed by atoms with Gasteiger partial charge in [0.25, 0.3) is 0 Å². The van der Waals surface area contributed by atoms with Crippen LogP contribution in [0.4, 0.5) is 26.3 Å². The van der Waals surface area contributed by atoms with Crippen LogP contribution < -0.4 is 10.6 Å². The van der Waals surface area contributed by atoms with Crippen LogP contribution >= 0.6 is 24.8 Å². The molecule has 2 bridgehead atoms. The van der Waals surface area contributed by atoms with E-state index in [2.05, 4.69) is 10.6 Å². The van der Waals surface area contributed by atoms with Gasteiger partial charge in [-0.15, -0.1) is 24.8 Å². The molecular weight excluding hydrogens is 477 g/mol. The van der Waals surface area contributed by atoms with Crippen molar-refractivity contribution in [2.75, 3.05) is 0 Å². The fourth-order valence-electron chi connectivity index (χ4n) is 4.82. The highest BCUT2D eigenvalue weighted by Gasteiger charge is 2.49. The van der Waals surface area contributed by atoms with E-state index in [-0.39, 0.29) is 54.6 Å². The third-order valence-corrected chi connectivity index (χ3v) is 6.24. The first-order valence-corrected chi connectivity index (χ1v) is 9.93. The molecule has 178 valence electrons. The van der Waals surface area contributed by atoms with E-state index in [9.17, 15) is 26.3 Å². The Hall–Kier alpha value is -1.48. The Balaban J connectivity index is 0.00000181. The van der Waals surface area contributed by atoms with Crippen molar-refractivity contribution in [3.8, 4) is 0 Å². The zero-order chi connectivity index (χ0) is 21.6. The smallest absolute Gasteiger partial charge is 0.308 e. The topological polar surface area (TPSA) is 24.1 Å². The van der Waals surface area contributed by atoms with Crippen molar-refractivity contribution in [3.05, 3.63) is 70.8 Å². The molecular formula is C22H24Cl2F6N2. The summed E-state index contributed by atoms with van der Waals surface area (Å²) < 4.78 is 78.8. The molecule has 2 aliphatic rings. The summed E-state index contributed by atoms with van der Waals surface area (Å²) in [7, 11) is 0. The molecule has 2 aromatic rings. The fourth-order valence-corrected chi connectivity index (χ4v) is 4.82. The molecule has 3 atom stereocenters. The van der Waals surface area contributed by atoms with Crippen LogP contribution in [-0.2, 0) is 24.4 Å². The summed E-state index contributed by atoms with van der Waals surface area (Å²) >= 11 is 0. The maximum Gasteiger partial charge on any atom is 0.416 e. The van der Waals surface area contributed by atoms with Crippen molar-refractivity contribution >= 4 is 24.8 Å². The lowest BCUT2D eigenvalue weighted by Crippen LogP contribution is -2.58. The summed E-state index contributed by atoms with van der Waals surface area (Å²) in [5.41, 5.74) is -1.87. The minimum atomic E-state index is -4.84. The molecule has 0 amide bonds. The van der Waals surface area contributed by atoms with Crippen molar-refractivity contribution in [1.29, 1.82) is 0 Å². The largest absolute Gasteiger partial charge is 0.416 e. The first kappa shape index (κ1) is 26.8. The summed E-state index contributed by atoms with van der Waals surface area (Å²) in [5, 5.41) is 6.92. The van der Waals surface area contributed by atoms with Gasteiger partial charge in [0.15, 0.2) is 0 Å². The van der Waals surface area contributed by atoms with Crippen LogP contribution in [0, 0.1) is 0 Å². The SMILES string of the molecule is Cl.Cl.FC(F)(F)c1cc(CN[C@@H]2CC[C@H]3CC[C@]2(c2ccccc2)N3)cc(C(F)(F)F)c1. The number of rotatable bonds is 4. The van der Waals surface area contributed by atoms with Gasteiger partial charge in [-0.2, -0.15) is 26.3 Å². The van der Waals surface area contributed by atoms with Crippen LogP contribution in [0.2, 0.25) is 0 Å². The second-order valence-corrected chi connectivity index (χ2v) is 8.14. The molecule has 0 saturated carbocycles. The number of hydrogen-bond acceptors (Lipinski definition) is 2. The Morgan fingerprint density at radius 1 is 0.844 bits per heavy atom. The number of fused-ring (bicyclic) bond motifs is 2. The number of piperidine rings is 1. The molecule has 2 nitrogen and oxygen atoms in total. The predicted molar refractivity (Wildman–Crippen MR) is 115 cm³/mol. The van der Waals surface area contributed by atoms with Gasteiger partial charge < -0.3 is 10.6 Å². The van der Waals surface area contributed by atoms with Crippen LogP contribution in [0.1, 0.15) is 47.9 Å². The van der Waals surface area contributed by atoms with E-state index in [1.54, 1.807) is 0 Å². The fraction of sp³-hybridized carbons (Fsp3) is 0.455. The molecule has 10 heteroatoms. The normalized spacial score (nSPS) is 25.1. The molecule has 2 N–H and O–H groups in total. The second-order valence-electron chi connectivity index (χ2n) is 8.14. The highest BCUT2D eigenvalue weighted by atomic mass is 35.5. The van der Waals surface area contributed by atoms with Gasteiger partial charge in [0.1, 0.15) is 0 Å². The van der Waals surface area contributed by atoms with Crippen molar-refractivity contribution < 1.29 is 26.3 Å². The molecule has 2 aromatic carbocycles. The summed E-state index contributed by atoms with van der Waals surface area (Å²) in [6.45, 7) is -0.0708. The van der Waals surface area contributed by atoms with E-state index in [1.165, 1.54) is 0 Å². The van der Waals surface area contributed by atoms with E-state index in [0.717, 1.165) is 43.4 Å². The summed E-state index contributed by atoms with van der Waals surface area (Å²) in [5.74, 6) is 0. The van der Waals surface area contributed by atoms with E-state index in [1.807, 2.05) is 30.3 Å². The van der Waals surface area contributed by atoms with Crippen molar-refractivity contribution in [1.82, 2.24) is 10.6 Å². The van der Waals surface area contributed by atoms with Crippen LogP contribution in [0.5, 0.6) is 0 Å². The van der Waals surface area contributed by atoms with Gasteiger partial charge in [-0.25, -0.2) is 0 Å². The zero-order valence-corrected chi connectivity index (χ0v) is 18.5. The van der Waals surface area contributed by atoms with Crippen LogP contribution in [0.3, 0.4) is 0 Å². The monoisotopic (exact) mass is 500 g/mol. The quantitative estimate of drug-likeness (QED) is 0.470. The summed E-state index contributed by atoms with van der Waals surface area (Å²) in [4.78, 5) is 0. The molecule has 0 radical (unpaired) electrons. The van der Waals surface area contributed by atoms with Crippen LogP contribution in [0.15, 0.2) is 48.5 Å². The number of benzene rings is 2. The minimum absolute atomic E-state index is 0. The Morgan fingerprint density at radius 2 is 1.44 bits per heavy atom. The Labute approximate surface area is 195 Å². The van der Waals surface area contributed by atoms with E-state index in [0.29, 0.717) is 6.04 Å². The van der Waals surface area contributed by atoms with E-state index in [4.69, 9.17) is 0 Å². The third kappa shape index (κ3) is 5.35. The summed E-state index contributed by atoms with van der Waals surface area (Å²) in [6.07, 6.45) is -6.09. The molecule has 0 unspecified atom stereocenters. The van der Waals surface area contributed by atoms with Gasteiger partial charge in [0, 0.05) is 18.6 Å². The standard InChI is InChI=1S/C22H22F6N2.2ClH/c23-21(24,25)16-10-14(11-17(12-16)22(26,27)28)13-29-19-7-6-18-8-9-20(19,30-18)15-4-2-1-3-5-15;;/h1-5,10-12,18-19,29-30H,6-9,13H2;2*1H/t18-,19+,20+;;/m0../s1. The molecule has 0 spiro atoms. The zero-order valence-electron chi connectivity index (χ0n) is 16.9. The van der Waals surface area contributed by atoms with Gasteiger partial charge in [0.05, 0.1) is 16.7 Å². The van der Waals surface area contributed by atoms with Crippen LogP contribution in [0.25, 0.3) is 0 Å². The summed E-state index contributed by atoms with van der Waals surface area (Å²) in [6, 6.07) is 11.9. The number of hydrogen-bond donors (Lipinski definition) is 2. The average molecular weight is 501 g/mol. The molecule has 2 heterocycles. The first-order chi connectivity index (χ1) is 14.1. The van der Waals surface area contributed by atoms with Crippen molar-refractivity contribution in [2.45, 2.75) is 62.2 Å². The maximum absolute atomic E-state index is 13.1. The molecule has 0 aromatic heterocycles. The lowest BCUT2D eigenvalue weighted by atomic mass is 9.79. The third-order valence-electron chi connectivity index (χ3n) is 6.24. The number of halogens is 8. The van der Waals surface area contributed by atoms with Gasteiger partial charge in [-0.3, -0.25) is 0 Å². The average Bonchev–Trinajstić information content (AvgIpc) is 3.05. The van der Waals surface area contributed by atoms with Gasteiger partial charge >= 0.3 is 12.4 Å². The Morgan fingerprint density at radius 3 is 2.00 bits per heavy atom. The highest BCUT2D eigenvalue weighted by molar-refractivity contribution is 5.85. The minimum Gasteiger partial charge on any atom is -0.308 e. The van der Waals surface area contributed by atoms with E-state index >= 15 is 0 Å². The van der Waals surface area contributed by atoms with Gasteiger partial charge in [-0.1, -0.05) is 30.3 Å². The number of nitrogens with one attached hydrogen (secondary N) is 2. The Kier molecular flexibility index (Phi) is 8.19. The lowest BCUT2D eigenvalue weighted by molar-refractivity contribution is -0.143. The maximum atomic E-state index is 13.1. The Bertz CT molecular complexity index is 871. The lowest BCUT2D eigenvalue weighted by Gasteiger charge is -2.43. The van der Waals surface area contributed by atoms with Crippen LogP contribution in [-0.4, -0.2) is 12.1 Å². The molecule has 0 aliphatic carbocycles. The second kappa shape index (κ2) is 9.79. The molecule has 2 fully saturated rings. The molecule has 2 aliphatic heterocycles. The first-order valence-electron chi connectivity index (χ1n) is 9.93. The number of alkyl halides is 6. The van der Waals surface area contributed by atoms with E-state index < -0.39 is 23.5 Å². The highest BCUT2D eigenvalue weighted by Crippen LogP contribution is 2.43. The molecule has 2 saturated heterocycles. The molecule has 4 rings (SSSR count). The van der Waals surface area contributed by atoms with Crippen molar-refractivity contribution in [3.63, 3.8) is 0 Å².